The number of carbonyl (C=O) groups excluding carboxylic acids is 1. The smallest absolute Gasteiger partial charge is 0.258 e. The summed E-state index contributed by atoms with van der Waals surface area (Å²) in [5.41, 5.74) is 3.53. The first kappa shape index (κ1) is 17.1. The van der Waals surface area contributed by atoms with Gasteiger partial charge in [0, 0.05) is 6.04 Å². The van der Waals surface area contributed by atoms with Crippen LogP contribution in [0.4, 0.5) is 0 Å². The molecule has 0 saturated heterocycles. The molecule has 3 heteroatoms. The average Bonchev–Trinajstić information content (AvgIpc) is 2.53. The Hall–Kier alpha value is -2.29. The topological polar surface area (TPSA) is 38.3 Å². The summed E-state index contributed by atoms with van der Waals surface area (Å²) in [5.74, 6) is 0.688. The number of aryl methyl sites for hydroxylation is 3. The zero-order valence-electron chi connectivity index (χ0n) is 14.1. The molecule has 0 aliphatic carbocycles. The van der Waals surface area contributed by atoms with Crippen LogP contribution in [0.25, 0.3) is 0 Å². The van der Waals surface area contributed by atoms with Gasteiger partial charge in [-0.3, -0.25) is 4.79 Å². The second-order valence-corrected chi connectivity index (χ2v) is 6.05. The van der Waals surface area contributed by atoms with Gasteiger partial charge in [0.2, 0.25) is 0 Å². The van der Waals surface area contributed by atoms with Crippen molar-refractivity contribution in [2.24, 2.45) is 0 Å². The van der Waals surface area contributed by atoms with Gasteiger partial charge in [-0.2, -0.15) is 0 Å². The van der Waals surface area contributed by atoms with E-state index in [1.807, 2.05) is 51.1 Å². The van der Waals surface area contributed by atoms with Crippen LogP contribution in [-0.4, -0.2) is 18.6 Å². The van der Waals surface area contributed by atoms with Crippen molar-refractivity contribution < 1.29 is 9.53 Å². The van der Waals surface area contributed by atoms with Crippen molar-refractivity contribution in [3.63, 3.8) is 0 Å². The minimum absolute atomic E-state index is 0.0551. The van der Waals surface area contributed by atoms with Crippen LogP contribution in [0.2, 0.25) is 0 Å². The second-order valence-electron chi connectivity index (χ2n) is 6.05. The van der Waals surface area contributed by atoms with Gasteiger partial charge >= 0.3 is 0 Å². The molecule has 2 aromatic carbocycles. The maximum Gasteiger partial charge on any atom is 0.258 e. The van der Waals surface area contributed by atoms with Crippen molar-refractivity contribution >= 4 is 5.91 Å². The molecule has 0 heterocycles. The number of ether oxygens (including phenoxy) is 1. The van der Waals surface area contributed by atoms with Gasteiger partial charge < -0.3 is 10.1 Å². The average molecular weight is 311 g/mol. The van der Waals surface area contributed by atoms with Gasteiger partial charge in [0.25, 0.3) is 5.91 Å². The van der Waals surface area contributed by atoms with Crippen molar-refractivity contribution in [2.75, 3.05) is 6.61 Å². The molecule has 122 valence electrons. The fraction of sp³-hybridized carbons (Fsp3) is 0.350. The van der Waals surface area contributed by atoms with Crippen LogP contribution in [0, 0.1) is 13.8 Å². The third-order valence-corrected chi connectivity index (χ3v) is 3.81. The molecule has 0 bridgehead atoms. The zero-order valence-corrected chi connectivity index (χ0v) is 14.1. The van der Waals surface area contributed by atoms with Gasteiger partial charge in [-0.05, 0) is 50.8 Å². The number of carbonyl (C=O) groups is 1. The Labute approximate surface area is 138 Å². The van der Waals surface area contributed by atoms with Gasteiger partial charge in [-0.15, -0.1) is 0 Å². The van der Waals surface area contributed by atoms with E-state index in [9.17, 15) is 4.79 Å². The maximum absolute atomic E-state index is 12.0. The first-order valence-electron chi connectivity index (χ1n) is 8.08. The molecule has 0 spiro atoms. The molecule has 0 radical (unpaired) electrons. The summed E-state index contributed by atoms with van der Waals surface area (Å²) in [7, 11) is 0. The van der Waals surface area contributed by atoms with Gasteiger partial charge in [0.1, 0.15) is 5.75 Å². The molecule has 1 N–H and O–H groups in total. The second kappa shape index (κ2) is 8.37. The molecule has 1 amide bonds. The molecule has 0 aliphatic rings. The maximum atomic E-state index is 12.0. The minimum Gasteiger partial charge on any atom is -0.484 e. The predicted octanol–water partition coefficient (Wildman–Crippen LogP) is 3.82. The van der Waals surface area contributed by atoms with E-state index in [1.165, 1.54) is 11.1 Å². The van der Waals surface area contributed by atoms with Crippen LogP contribution in [0.5, 0.6) is 5.75 Å². The highest BCUT2D eigenvalue weighted by Crippen LogP contribution is 2.18. The molecule has 0 aromatic heterocycles. The summed E-state index contributed by atoms with van der Waals surface area (Å²) < 4.78 is 5.61. The lowest BCUT2D eigenvalue weighted by atomic mass is 10.1. The standard InChI is InChI=1S/C20H25NO2/c1-15-9-12-19(16(2)13-15)23-14-20(22)21-17(3)10-11-18-7-5-4-6-8-18/h4-9,12-13,17H,10-11,14H2,1-3H3,(H,21,22). The Bertz CT molecular complexity index is 637. The highest BCUT2D eigenvalue weighted by molar-refractivity contribution is 5.77. The zero-order chi connectivity index (χ0) is 16.7. The molecule has 0 fully saturated rings. The molecule has 0 aliphatic heterocycles. The Kier molecular flexibility index (Phi) is 6.21. The molecule has 1 atom stereocenters. The van der Waals surface area contributed by atoms with Crippen LogP contribution in [0.3, 0.4) is 0 Å². The third kappa shape index (κ3) is 5.78. The van der Waals surface area contributed by atoms with Crippen molar-refractivity contribution in [3.8, 4) is 5.75 Å². The van der Waals surface area contributed by atoms with Crippen molar-refractivity contribution in [1.82, 2.24) is 5.32 Å². The quantitative estimate of drug-likeness (QED) is 0.844. The van der Waals surface area contributed by atoms with E-state index in [-0.39, 0.29) is 18.6 Å². The largest absolute Gasteiger partial charge is 0.484 e. The highest BCUT2D eigenvalue weighted by Gasteiger charge is 2.09. The Morgan fingerprint density at radius 2 is 1.87 bits per heavy atom. The van der Waals surface area contributed by atoms with E-state index in [4.69, 9.17) is 4.74 Å². The fourth-order valence-corrected chi connectivity index (χ4v) is 2.52. The first-order chi connectivity index (χ1) is 11.0. The van der Waals surface area contributed by atoms with Crippen LogP contribution in [0.15, 0.2) is 48.5 Å². The molecular weight excluding hydrogens is 286 g/mol. The molecule has 2 aromatic rings. The first-order valence-corrected chi connectivity index (χ1v) is 8.08. The van der Waals surface area contributed by atoms with Crippen molar-refractivity contribution in [3.05, 3.63) is 65.2 Å². The fourth-order valence-electron chi connectivity index (χ4n) is 2.52. The molecule has 0 saturated carbocycles. The number of rotatable bonds is 7. The minimum atomic E-state index is -0.0782. The van der Waals surface area contributed by atoms with E-state index in [2.05, 4.69) is 23.5 Å². The van der Waals surface area contributed by atoms with E-state index in [0.29, 0.717) is 0 Å². The number of hydrogen-bond donors (Lipinski definition) is 1. The van der Waals surface area contributed by atoms with E-state index >= 15 is 0 Å². The number of amides is 1. The van der Waals surface area contributed by atoms with E-state index in [0.717, 1.165) is 24.2 Å². The molecule has 23 heavy (non-hydrogen) atoms. The summed E-state index contributed by atoms with van der Waals surface area (Å²) in [6, 6.07) is 16.4. The molecule has 1 unspecified atom stereocenters. The Balaban J connectivity index is 1.73. The summed E-state index contributed by atoms with van der Waals surface area (Å²) in [5, 5.41) is 2.99. The lowest BCUT2D eigenvalue weighted by molar-refractivity contribution is -0.123. The number of benzene rings is 2. The lowest BCUT2D eigenvalue weighted by Crippen LogP contribution is -2.36. The van der Waals surface area contributed by atoms with Crippen LogP contribution in [-0.2, 0) is 11.2 Å². The van der Waals surface area contributed by atoms with Gasteiger partial charge in [0.05, 0.1) is 0 Å². The van der Waals surface area contributed by atoms with Gasteiger partial charge in [0.15, 0.2) is 6.61 Å². The van der Waals surface area contributed by atoms with E-state index in [1.54, 1.807) is 0 Å². The summed E-state index contributed by atoms with van der Waals surface area (Å²) >= 11 is 0. The van der Waals surface area contributed by atoms with Crippen molar-refractivity contribution in [2.45, 2.75) is 39.7 Å². The Morgan fingerprint density at radius 3 is 2.57 bits per heavy atom. The molecule has 2 rings (SSSR count). The van der Waals surface area contributed by atoms with Gasteiger partial charge in [-0.25, -0.2) is 0 Å². The molecular formula is C20H25NO2. The third-order valence-electron chi connectivity index (χ3n) is 3.81. The van der Waals surface area contributed by atoms with Crippen LogP contribution in [0.1, 0.15) is 30.0 Å². The SMILES string of the molecule is Cc1ccc(OCC(=O)NC(C)CCc2ccccc2)c(C)c1. The number of nitrogens with one attached hydrogen (secondary N) is 1. The van der Waals surface area contributed by atoms with E-state index < -0.39 is 0 Å². The van der Waals surface area contributed by atoms with Crippen LogP contribution < -0.4 is 10.1 Å². The monoisotopic (exact) mass is 311 g/mol. The Morgan fingerprint density at radius 1 is 1.13 bits per heavy atom. The number of hydrogen-bond acceptors (Lipinski definition) is 2. The normalized spacial score (nSPS) is 11.8. The van der Waals surface area contributed by atoms with Gasteiger partial charge in [-0.1, -0.05) is 48.0 Å². The lowest BCUT2D eigenvalue weighted by Gasteiger charge is -2.15. The highest BCUT2D eigenvalue weighted by atomic mass is 16.5. The predicted molar refractivity (Wildman–Crippen MR) is 93.8 cm³/mol. The summed E-state index contributed by atoms with van der Waals surface area (Å²) in [4.78, 5) is 12.0. The molecule has 3 nitrogen and oxygen atoms in total. The van der Waals surface area contributed by atoms with Crippen molar-refractivity contribution in [1.29, 1.82) is 0 Å². The van der Waals surface area contributed by atoms with Crippen LogP contribution >= 0.6 is 0 Å². The summed E-state index contributed by atoms with van der Waals surface area (Å²) in [6.45, 7) is 6.11. The summed E-state index contributed by atoms with van der Waals surface area (Å²) in [6.07, 6.45) is 1.87.